The average molecular weight is 243 g/mol. The van der Waals surface area contributed by atoms with Crippen molar-refractivity contribution >= 4 is 0 Å². The molecule has 18 heavy (non-hydrogen) atoms. The number of rotatable bonds is 4. The maximum absolute atomic E-state index is 11.6. The minimum absolute atomic E-state index is 0.132. The van der Waals surface area contributed by atoms with Crippen molar-refractivity contribution < 1.29 is 0 Å². The van der Waals surface area contributed by atoms with Crippen LogP contribution in [0.5, 0.6) is 0 Å². The number of hydrogen-bond donors (Lipinski definition) is 2. The zero-order valence-corrected chi connectivity index (χ0v) is 10.4. The van der Waals surface area contributed by atoms with Crippen LogP contribution in [0, 0.1) is 6.92 Å². The summed E-state index contributed by atoms with van der Waals surface area (Å²) in [4.78, 5) is 18.6. The van der Waals surface area contributed by atoms with Crippen LogP contribution in [0.25, 0.3) is 0 Å². The Hall–Kier alpha value is -1.94. The molecule has 3 N–H and O–H groups in total. The molecule has 2 rings (SSSR count). The van der Waals surface area contributed by atoms with Gasteiger partial charge in [0, 0.05) is 24.7 Å². The predicted molar refractivity (Wildman–Crippen MR) is 71.3 cm³/mol. The van der Waals surface area contributed by atoms with Crippen LogP contribution in [0.1, 0.15) is 22.5 Å². The molecule has 0 aliphatic carbocycles. The first kappa shape index (κ1) is 12.5. The number of aryl methyl sites for hydroxylation is 3. The van der Waals surface area contributed by atoms with Gasteiger partial charge in [-0.05, 0) is 24.5 Å². The average Bonchev–Trinajstić information content (AvgIpc) is 2.38. The number of nitrogens with one attached hydrogen (secondary N) is 1. The minimum atomic E-state index is -0.132. The van der Waals surface area contributed by atoms with Crippen molar-refractivity contribution in [2.75, 3.05) is 0 Å². The molecule has 4 nitrogen and oxygen atoms in total. The van der Waals surface area contributed by atoms with Crippen molar-refractivity contribution in [2.24, 2.45) is 5.73 Å². The van der Waals surface area contributed by atoms with E-state index in [0.717, 1.165) is 12.8 Å². The highest BCUT2D eigenvalue weighted by Gasteiger charge is 2.03. The van der Waals surface area contributed by atoms with Gasteiger partial charge in [-0.25, -0.2) is 4.98 Å². The van der Waals surface area contributed by atoms with E-state index < -0.39 is 0 Å². The van der Waals surface area contributed by atoms with Gasteiger partial charge in [-0.15, -0.1) is 0 Å². The second kappa shape index (κ2) is 5.60. The summed E-state index contributed by atoms with van der Waals surface area (Å²) >= 11 is 0. The Morgan fingerprint density at radius 3 is 2.67 bits per heavy atom. The largest absolute Gasteiger partial charge is 0.326 e. The molecule has 0 amide bonds. The molecule has 0 atom stereocenters. The quantitative estimate of drug-likeness (QED) is 0.850. The molecule has 0 bridgehead atoms. The molecule has 0 saturated heterocycles. The molecule has 94 valence electrons. The van der Waals surface area contributed by atoms with E-state index in [1.54, 1.807) is 6.20 Å². The van der Waals surface area contributed by atoms with Crippen LogP contribution in [0.2, 0.25) is 0 Å². The molecular formula is C14H17N3O. The molecule has 2 aromatic rings. The fourth-order valence-electron chi connectivity index (χ4n) is 1.87. The summed E-state index contributed by atoms with van der Waals surface area (Å²) < 4.78 is 0. The first-order valence-electron chi connectivity index (χ1n) is 6.02. The summed E-state index contributed by atoms with van der Waals surface area (Å²) in [6.07, 6.45) is 3.16. The maximum atomic E-state index is 11.6. The lowest BCUT2D eigenvalue weighted by atomic mass is 10.0. The molecular weight excluding hydrogens is 226 g/mol. The van der Waals surface area contributed by atoms with Crippen LogP contribution in [0.15, 0.2) is 35.3 Å². The smallest absolute Gasteiger partial charge is 0.255 e. The Balaban J connectivity index is 2.09. The third-order valence-electron chi connectivity index (χ3n) is 3.04. The van der Waals surface area contributed by atoms with Crippen molar-refractivity contribution in [1.82, 2.24) is 9.97 Å². The van der Waals surface area contributed by atoms with Gasteiger partial charge in [-0.3, -0.25) is 4.79 Å². The Morgan fingerprint density at radius 1 is 1.22 bits per heavy atom. The molecule has 1 aromatic carbocycles. The monoisotopic (exact) mass is 243 g/mol. The standard InChI is InChI=1S/C14H17N3O/c1-10-4-2-3-5-11(10)6-7-13-16-9-12(8-15)14(18)17-13/h2-5,9H,6-8,15H2,1H3,(H,16,17,18). The summed E-state index contributed by atoms with van der Waals surface area (Å²) in [6.45, 7) is 2.31. The minimum Gasteiger partial charge on any atom is -0.326 e. The van der Waals surface area contributed by atoms with Gasteiger partial charge >= 0.3 is 0 Å². The van der Waals surface area contributed by atoms with Crippen LogP contribution in [0.3, 0.4) is 0 Å². The van der Waals surface area contributed by atoms with E-state index in [9.17, 15) is 4.79 Å². The van der Waals surface area contributed by atoms with Crippen molar-refractivity contribution in [3.05, 3.63) is 63.3 Å². The topological polar surface area (TPSA) is 71.8 Å². The fraction of sp³-hybridized carbons (Fsp3) is 0.286. The third-order valence-corrected chi connectivity index (χ3v) is 3.04. The Morgan fingerprint density at radius 2 is 2.00 bits per heavy atom. The van der Waals surface area contributed by atoms with Crippen LogP contribution < -0.4 is 11.3 Å². The third kappa shape index (κ3) is 2.84. The normalized spacial score (nSPS) is 10.6. The van der Waals surface area contributed by atoms with Gasteiger partial charge < -0.3 is 10.7 Å². The highest BCUT2D eigenvalue weighted by atomic mass is 16.1. The van der Waals surface area contributed by atoms with Crippen molar-refractivity contribution in [3.63, 3.8) is 0 Å². The Labute approximate surface area is 106 Å². The van der Waals surface area contributed by atoms with Crippen molar-refractivity contribution in [3.8, 4) is 0 Å². The zero-order valence-electron chi connectivity index (χ0n) is 10.4. The zero-order chi connectivity index (χ0) is 13.0. The second-order valence-corrected chi connectivity index (χ2v) is 4.31. The van der Waals surface area contributed by atoms with Gasteiger partial charge in [0.2, 0.25) is 0 Å². The molecule has 0 fully saturated rings. The van der Waals surface area contributed by atoms with E-state index in [4.69, 9.17) is 5.73 Å². The van der Waals surface area contributed by atoms with Gasteiger partial charge in [-0.1, -0.05) is 24.3 Å². The SMILES string of the molecule is Cc1ccccc1CCc1ncc(CN)c(=O)[nH]1. The molecule has 0 saturated carbocycles. The summed E-state index contributed by atoms with van der Waals surface area (Å²) in [7, 11) is 0. The van der Waals surface area contributed by atoms with Crippen LogP contribution in [-0.2, 0) is 19.4 Å². The maximum Gasteiger partial charge on any atom is 0.255 e. The van der Waals surface area contributed by atoms with Crippen molar-refractivity contribution in [2.45, 2.75) is 26.3 Å². The molecule has 0 unspecified atom stereocenters. The summed E-state index contributed by atoms with van der Waals surface area (Å²) in [6, 6.07) is 8.23. The second-order valence-electron chi connectivity index (χ2n) is 4.31. The lowest BCUT2D eigenvalue weighted by Crippen LogP contribution is -2.19. The van der Waals surface area contributed by atoms with Crippen LogP contribution >= 0.6 is 0 Å². The van der Waals surface area contributed by atoms with Gasteiger partial charge in [-0.2, -0.15) is 0 Å². The number of benzene rings is 1. The van der Waals surface area contributed by atoms with Gasteiger partial charge in [0.1, 0.15) is 5.82 Å². The fourth-order valence-corrected chi connectivity index (χ4v) is 1.87. The van der Waals surface area contributed by atoms with E-state index in [2.05, 4.69) is 29.0 Å². The van der Waals surface area contributed by atoms with E-state index in [0.29, 0.717) is 11.4 Å². The van der Waals surface area contributed by atoms with Crippen LogP contribution in [-0.4, -0.2) is 9.97 Å². The summed E-state index contributed by atoms with van der Waals surface area (Å²) in [5.41, 5.74) is 8.36. The summed E-state index contributed by atoms with van der Waals surface area (Å²) in [5, 5.41) is 0. The summed E-state index contributed by atoms with van der Waals surface area (Å²) in [5.74, 6) is 0.709. The molecule has 0 radical (unpaired) electrons. The number of aromatic amines is 1. The first-order valence-corrected chi connectivity index (χ1v) is 6.02. The number of hydrogen-bond acceptors (Lipinski definition) is 3. The molecule has 4 heteroatoms. The molecule has 1 aromatic heterocycles. The molecule has 1 heterocycles. The Kier molecular flexibility index (Phi) is 3.89. The highest BCUT2D eigenvalue weighted by Crippen LogP contribution is 2.09. The van der Waals surface area contributed by atoms with Crippen LogP contribution in [0.4, 0.5) is 0 Å². The van der Waals surface area contributed by atoms with E-state index in [-0.39, 0.29) is 12.1 Å². The van der Waals surface area contributed by atoms with E-state index >= 15 is 0 Å². The number of nitrogens with zero attached hydrogens (tertiary/aromatic N) is 1. The molecule has 0 spiro atoms. The highest BCUT2D eigenvalue weighted by molar-refractivity contribution is 5.26. The first-order chi connectivity index (χ1) is 8.70. The Bertz CT molecular complexity index is 590. The predicted octanol–water partition coefficient (Wildman–Crippen LogP) is 1.32. The van der Waals surface area contributed by atoms with Gasteiger partial charge in [0.25, 0.3) is 5.56 Å². The lowest BCUT2D eigenvalue weighted by Gasteiger charge is -2.05. The number of aromatic nitrogens is 2. The number of nitrogens with two attached hydrogens (primary N) is 1. The molecule has 0 aliphatic rings. The van der Waals surface area contributed by atoms with Crippen molar-refractivity contribution in [1.29, 1.82) is 0 Å². The lowest BCUT2D eigenvalue weighted by molar-refractivity contribution is 0.826. The van der Waals surface area contributed by atoms with E-state index in [1.807, 2.05) is 12.1 Å². The molecule has 0 aliphatic heterocycles. The van der Waals surface area contributed by atoms with E-state index in [1.165, 1.54) is 11.1 Å². The van der Waals surface area contributed by atoms with Gasteiger partial charge in [0.15, 0.2) is 0 Å². The van der Waals surface area contributed by atoms with Gasteiger partial charge in [0.05, 0.1) is 0 Å². The number of H-pyrrole nitrogens is 1.